The molecule has 1 heterocycles. The van der Waals surface area contributed by atoms with Gasteiger partial charge in [0.2, 0.25) is 5.82 Å². The van der Waals surface area contributed by atoms with E-state index in [4.69, 9.17) is 10.00 Å². The number of rotatable bonds is 5. The lowest BCUT2D eigenvalue weighted by molar-refractivity contribution is -0.392. The first-order valence-corrected chi connectivity index (χ1v) is 6.87. The van der Waals surface area contributed by atoms with Crippen molar-refractivity contribution in [2.45, 2.75) is 20.1 Å². The number of nitriles is 1. The third-order valence-corrected chi connectivity index (χ3v) is 3.46. The molecule has 108 valence electrons. The van der Waals surface area contributed by atoms with E-state index in [1.807, 2.05) is 6.07 Å². The van der Waals surface area contributed by atoms with Gasteiger partial charge in [-0.2, -0.15) is 5.26 Å². The summed E-state index contributed by atoms with van der Waals surface area (Å²) in [6.07, 6.45) is 1.22. The molecule has 0 amide bonds. The van der Waals surface area contributed by atoms with Gasteiger partial charge in [0.1, 0.15) is 11.9 Å². The molecule has 0 fully saturated rings. The van der Waals surface area contributed by atoms with Gasteiger partial charge in [-0.1, -0.05) is 0 Å². The lowest BCUT2D eigenvalue weighted by Crippen LogP contribution is -2.08. The van der Waals surface area contributed by atoms with Crippen LogP contribution in [0.1, 0.15) is 18.3 Å². The van der Waals surface area contributed by atoms with Crippen LogP contribution in [0.15, 0.2) is 28.9 Å². The molecule has 0 saturated heterocycles. The third kappa shape index (κ3) is 3.20. The smallest absolute Gasteiger partial charge is 0.342 e. The Morgan fingerprint density at radius 3 is 2.90 bits per heavy atom. The van der Waals surface area contributed by atoms with Gasteiger partial charge in [-0.05, 0) is 46.0 Å². The summed E-state index contributed by atoms with van der Waals surface area (Å²) in [4.78, 5) is 14.4. The third-order valence-electron chi connectivity index (χ3n) is 2.84. The predicted molar refractivity (Wildman–Crippen MR) is 77.7 cm³/mol. The number of nitro groups is 1. The van der Waals surface area contributed by atoms with Crippen LogP contribution in [-0.2, 0) is 13.2 Å². The molecule has 2 rings (SSSR count). The van der Waals surface area contributed by atoms with Crippen LogP contribution in [0.4, 0.5) is 5.82 Å². The van der Waals surface area contributed by atoms with E-state index in [9.17, 15) is 10.1 Å². The average molecular weight is 351 g/mol. The average Bonchev–Trinajstić information content (AvgIpc) is 2.88. The van der Waals surface area contributed by atoms with Crippen molar-refractivity contribution in [2.24, 2.45) is 0 Å². The Balaban J connectivity index is 2.17. The summed E-state index contributed by atoms with van der Waals surface area (Å²) in [6.45, 7) is 2.34. The standard InChI is InChI=1S/C13H11BrN4O3/c1-2-17-12(16-7-13(17)18(19)20)8-21-11-4-3-9(6-15)5-10(11)14/h3-5,7H,2,8H2,1H3. The second kappa shape index (κ2) is 6.37. The maximum atomic E-state index is 10.9. The summed E-state index contributed by atoms with van der Waals surface area (Å²) in [5.74, 6) is 0.956. The van der Waals surface area contributed by atoms with Crippen molar-refractivity contribution in [3.8, 4) is 11.8 Å². The van der Waals surface area contributed by atoms with Crippen LogP contribution >= 0.6 is 15.9 Å². The molecule has 0 radical (unpaired) electrons. The van der Waals surface area contributed by atoms with Crippen LogP contribution < -0.4 is 4.74 Å². The monoisotopic (exact) mass is 350 g/mol. The van der Waals surface area contributed by atoms with E-state index in [0.29, 0.717) is 28.2 Å². The number of hydrogen-bond donors (Lipinski definition) is 0. The highest BCUT2D eigenvalue weighted by molar-refractivity contribution is 9.10. The molecule has 1 aromatic heterocycles. The van der Waals surface area contributed by atoms with E-state index in [2.05, 4.69) is 20.9 Å². The SMILES string of the molecule is CCn1c([N+](=O)[O-])cnc1COc1ccc(C#N)cc1Br. The Bertz CT molecular complexity index is 721. The van der Waals surface area contributed by atoms with Gasteiger partial charge in [0, 0.05) is 0 Å². The highest BCUT2D eigenvalue weighted by Crippen LogP contribution is 2.27. The molecule has 0 aliphatic heterocycles. The second-order valence-electron chi connectivity index (χ2n) is 4.08. The fourth-order valence-electron chi connectivity index (χ4n) is 1.84. The number of halogens is 1. The van der Waals surface area contributed by atoms with E-state index in [1.165, 1.54) is 10.8 Å². The number of ether oxygens (including phenoxy) is 1. The van der Waals surface area contributed by atoms with E-state index >= 15 is 0 Å². The highest BCUT2D eigenvalue weighted by atomic mass is 79.9. The molecule has 21 heavy (non-hydrogen) atoms. The van der Waals surface area contributed by atoms with Crippen molar-refractivity contribution in [2.75, 3.05) is 0 Å². The molecular formula is C13H11BrN4O3. The molecule has 0 spiro atoms. The van der Waals surface area contributed by atoms with Crippen LogP contribution in [0, 0.1) is 21.4 Å². The van der Waals surface area contributed by atoms with Crippen molar-refractivity contribution >= 4 is 21.7 Å². The zero-order valence-electron chi connectivity index (χ0n) is 11.1. The van der Waals surface area contributed by atoms with Crippen LogP contribution in [0.3, 0.4) is 0 Å². The molecule has 1 aromatic carbocycles. The summed E-state index contributed by atoms with van der Waals surface area (Å²) >= 11 is 3.31. The molecule has 8 heteroatoms. The predicted octanol–water partition coefficient (Wildman–Crippen LogP) is 3.02. The van der Waals surface area contributed by atoms with Gasteiger partial charge < -0.3 is 14.9 Å². The Hall–Kier alpha value is -2.40. The van der Waals surface area contributed by atoms with E-state index in [1.54, 1.807) is 25.1 Å². The number of imidazole rings is 1. The fraction of sp³-hybridized carbons (Fsp3) is 0.231. The molecule has 0 saturated carbocycles. The van der Waals surface area contributed by atoms with Crippen LogP contribution in [0.25, 0.3) is 0 Å². The van der Waals surface area contributed by atoms with Gasteiger partial charge in [0.25, 0.3) is 0 Å². The van der Waals surface area contributed by atoms with Gasteiger partial charge in [0.15, 0.2) is 6.61 Å². The minimum Gasteiger partial charge on any atom is -0.482 e. The maximum Gasteiger partial charge on any atom is 0.342 e. The number of hydrogen-bond acceptors (Lipinski definition) is 5. The van der Waals surface area contributed by atoms with Gasteiger partial charge in [-0.25, -0.2) is 9.55 Å². The van der Waals surface area contributed by atoms with E-state index in [-0.39, 0.29) is 12.4 Å². The first kappa shape index (κ1) is 15.0. The van der Waals surface area contributed by atoms with Crippen molar-refractivity contribution in [3.63, 3.8) is 0 Å². The second-order valence-corrected chi connectivity index (χ2v) is 4.93. The van der Waals surface area contributed by atoms with Crippen molar-refractivity contribution in [1.29, 1.82) is 5.26 Å². The first-order valence-electron chi connectivity index (χ1n) is 6.08. The molecule has 0 aliphatic carbocycles. The Labute approximate surface area is 129 Å². The van der Waals surface area contributed by atoms with Crippen LogP contribution in [-0.4, -0.2) is 14.5 Å². The number of aromatic nitrogens is 2. The molecule has 0 N–H and O–H groups in total. The highest BCUT2D eigenvalue weighted by Gasteiger charge is 2.19. The Kier molecular flexibility index (Phi) is 4.55. The maximum absolute atomic E-state index is 10.9. The van der Waals surface area contributed by atoms with Crippen molar-refractivity contribution in [1.82, 2.24) is 9.55 Å². The molecule has 0 atom stereocenters. The molecule has 0 aliphatic rings. The van der Waals surface area contributed by atoms with Crippen molar-refractivity contribution < 1.29 is 9.66 Å². The van der Waals surface area contributed by atoms with Gasteiger partial charge >= 0.3 is 5.82 Å². The van der Waals surface area contributed by atoms with Crippen LogP contribution in [0.2, 0.25) is 0 Å². The topological polar surface area (TPSA) is 94.0 Å². The lowest BCUT2D eigenvalue weighted by atomic mass is 10.2. The largest absolute Gasteiger partial charge is 0.482 e. The Morgan fingerprint density at radius 1 is 1.57 bits per heavy atom. The molecule has 0 bridgehead atoms. The molecule has 0 unspecified atom stereocenters. The van der Waals surface area contributed by atoms with Gasteiger partial charge in [-0.3, -0.25) is 0 Å². The number of nitrogens with zero attached hydrogens (tertiary/aromatic N) is 4. The summed E-state index contributed by atoms with van der Waals surface area (Å²) in [5.41, 5.74) is 0.514. The van der Waals surface area contributed by atoms with E-state index < -0.39 is 4.92 Å². The van der Waals surface area contributed by atoms with Crippen molar-refractivity contribution in [3.05, 3.63) is 50.4 Å². The minimum absolute atomic E-state index is 0.0602. The molecular weight excluding hydrogens is 340 g/mol. The zero-order valence-corrected chi connectivity index (χ0v) is 12.7. The first-order chi connectivity index (χ1) is 10.1. The summed E-state index contributed by atoms with van der Waals surface area (Å²) in [5, 5.41) is 19.7. The normalized spacial score (nSPS) is 10.1. The molecule has 2 aromatic rings. The van der Waals surface area contributed by atoms with Gasteiger partial charge in [-0.15, -0.1) is 0 Å². The van der Waals surface area contributed by atoms with Gasteiger partial charge in [0.05, 0.1) is 22.7 Å². The Morgan fingerprint density at radius 2 is 2.33 bits per heavy atom. The molecule has 7 nitrogen and oxygen atoms in total. The number of benzene rings is 1. The van der Waals surface area contributed by atoms with Crippen LogP contribution in [0.5, 0.6) is 5.75 Å². The summed E-state index contributed by atoms with van der Waals surface area (Å²) in [7, 11) is 0. The quantitative estimate of drug-likeness (QED) is 0.610. The summed E-state index contributed by atoms with van der Waals surface area (Å²) in [6, 6.07) is 6.97. The lowest BCUT2D eigenvalue weighted by Gasteiger charge is -2.07. The fourth-order valence-corrected chi connectivity index (χ4v) is 2.33. The van der Waals surface area contributed by atoms with E-state index in [0.717, 1.165) is 0 Å². The zero-order chi connectivity index (χ0) is 15.4. The minimum atomic E-state index is -0.475. The summed E-state index contributed by atoms with van der Waals surface area (Å²) < 4.78 is 7.72.